The molecule has 1 heterocycles. The van der Waals surface area contributed by atoms with Gasteiger partial charge in [-0.1, -0.05) is 61.3 Å². The highest BCUT2D eigenvalue weighted by Crippen LogP contribution is 2.08. The molecule has 1 aromatic heterocycles. The number of aromatic nitrogens is 2. The van der Waals surface area contributed by atoms with Gasteiger partial charge < -0.3 is 5.32 Å². The van der Waals surface area contributed by atoms with Gasteiger partial charge in [-0.3, -0.25) is 4.68 Å². The molecule has 4 heteroatoms. The Labute approximate surface area is 149 Å². The Hall–Kier alpha value is -2.38. The monoisotopic (exact) mass is 337 g/mol. The van der Waals surface area contributed by atoms with E-state index in [0.29, 0.717) is 5.92 Å². The predicted molar refractivity (Wildman–Crippen MR) is 105 cm³/mol. The van der Waals surface area contributed by atoms with Crippen LogP contribution in [0.5, 0.6) is 0 Å². The van der Waals surface area contributed by atoms with Gasteiger partial charge >= 0.3 is 0 Å². The molecule has 0 fully saturated rings. The van der Waals surface area contributed by atoms with Crippen molar-refractivity contribution in [3.63, 3.8) is 0 Å². The Morgan fingerprint density at radius 2 is 2.17 bits per heavy atom. The number of aryl methyl sites for hydroxylation is 1. The molecule has 1 N–H and O–H groups in total. The van der Waals surface area contributed by atoms with E-state index in [2.05, 4.69) is 41.3 Å². The average molecular weight is 337 g/mol. The summed E-state index contributed by atoms with van der Waals surface area (Å²) in [5, 5.41) is 7.36. The van der Waals surface area contributed by atoms with Crippen molar-refractivity contribution in [2.24, 2.45) is 13.0 Å². The lowest BCUT2D eigenvalue weighted by Crippen LogP contribution is -2.07. The Morgan fingerprint density at radius 3 is 2.88 bits per heavy atom. The van der Waals surface area contributed by atoms with Crippen LogP contribution in [0.25, 0.3) is 0 Å². The zero-order valence-corrected chi connectivity index (χ0v) is 15.0. The van der Waals surface area contributed by atoms with Gasteiger partial charge in [0.1, 0.15) is 0 Å². The van der Waals surface area contributed by atoms with Crippen molar-refractivity contribution >= 4 is 22.9 Å². The fourth-order valence-corrected chi connectivity index (χ4v) is 2.39. The van der Waals surface area contributed by atoms with Gasteiger partial charge in [-0.05, 0) is 24.5 Å². The first-order valence-corrected chi connectivity index (χ1v) is 8.53. The molecule has 0 bridgehead atoms. The highest BCUT2D eigenvalue weighted by Gasteiger charge is 1.97. The van der Waals surface area contributed by atoms with Crippen LogP contribution in [0.2, 0.25) is 0 Å². The number of nitrogens with one attached hydrogen (secondary N) is 1. The highest BCUT2D eigenvalue weighted by molar-refractivity contribution is 7.80. The molecule has 1 aromatic carbocycles. The minimum atomic E-state index is 0.435. The zero-order valence-electron chi connectivity index (χ0n) is 14.2. The van der Waals surface area contributed by atoms with Gasteiger partial charge in [0.25, 0.3) is 0 Å². The third kappa shape index (κ3) is 6.80. The number of benzene rings is 1. The standard InChI is InChI=1S/C20H23N3S/c1-17(10-8-11-18-15-21-23(2)16-18)9-6-7-14-20(24)22-19-12-4-3-5-13-19/h3-6,9,12-13,15-17H,7,10,14H2,1-2H3,(H,22,24)/b9-6-. The number of hydrogen-bond donors (Lipinski definition) is 1. The normalized spacial score (nSPS) is 11.8. The molecule has 24 heavy (non-hydrogen) atoms. The highest BCUT2D eigenvalue weighted by atomic mass is 32.1. The summed E-state index contributed by atoms with van der Waals surface area (Å²) in [5.41, 5.74) is 2.01. The summed E-state index contributed by atoms with van der Waals surface area (Å²) >= 11 is 5.37. The summed E-state index contributed by atoms with van der Waals surface area (Å²) in [6.45, 7) is 2.18. The van der Waals surface area contributed by atoms with Crippen molar-refractivity contribution in [1.29, 1.82) is 0 Å². The van der Waals surface area contributed by atoms with Crippen LogP contribution in [0, 0.1) is 17.8 Å². The van der Waals surface area contributed by atoms with E-state index in [9.17, 15) is 0 Å². The lowest BCUT2D eigenvalue weighted by Gasteiger charge is -2.06. The zero-order chi connectivity index (χ0) is 17.2. The number of para-hydroxylation sites is 1. The van der Waals surface area contributed by atoms with Crippen LogP contribution in [-0.4, -0.2) is 14.8 Å². The van der Waals surface area contributed by atoms with Crippen LogP contribution >= 0.6 is 12.2 Å². The fraction of sp³-hybridized carbons (Fsp3) is 0.300. The van der Waals surface area contributed by atoms with E-state index in [0.717, 1.165) is 35.5 Å². The molecule has 2 aromatic rings. The molecule has 2 rings (SSSR count). The molecular weight excluding hydrogens is 314 g/mol. The van der Waals surface area contributed by atoms with Crippen LogP contribution in [0.4, 0.5) is 5.69 Å². The van der Waals surface area contributed by atoms with E-state index in [4.69, 9.17) is 12.2 Å². The first kappa shape index (κ1) is 18.0. The van der Waals surface area contributed by atoms with Crippen LogP contribution in [0.15, 0.2) is 54.9 Å². The predicted octanol–water partition coefficient (Wildman–Crippen LogP) is 4.57. The Kier molecular flexibility index (Phi) is 7.25. The summed E-state index contributed by atoms with van der Waals surface area (Å²) in [5.74, 6) is 6.77. The molecule has 0 spiro atoms. The molecule has 124 valence electrons. The third-order valence-electron chi connectivity index (χ3n) is 3.42. The van der Waals surface area contributed by atoms with Crippen LogP contribution in [0.3, 0.4) is 0 Å². The second-order valence-corrected chi connectivity index (χ2v) is 6.26. The van der Waals surface area contributed by atoms with Crippen molar-refractivity contribution in [3.05, 3.63) is 60.4 Å². The molecule has 0 saturated carbocycles. The summed E-state index contributed by atoms with van der Waals surface area (Å²) in [6, 6.07) is 10.0. The van der Waals surface area contributed by atoms with E-state index in [1.54, 1.807) is 10.9 Å². The number of rotatable bonds is 6. The second-order valence-electron chi connectivity index (χ2n) is 5.77. The van der Waals surface area contributed by atoms with E-state index < -0.39 is 0 Å². The van der Waals surface area contributed by atoms with Gasteiger partial charge in [0.05, 0.1) is 16.7 Å². The van der Waals surface area contributed by atoms with Crippen molar-refractivity contribution in [2.45, 2.75) is 26.2 Å². The summed E-state index contributed by atoms with van der Waals surface area (Å²) in [4.78, 5) is 0.870. The number of nitrogens with zero attached hydrogens (tertiary/aromatic N) is 2. The van der Waals surface area contributed by atoms with Crippen molar-refractivity contribution in [3.8, 4) is 11.8 Å². The fourth-order valence-electron chi connectivity index (χ4n) is 2.16. The summed E-state index contributed by atoms with van der Waals surface area (Å²) in [7, 11) is 1.90. The van der Waals surface area contributed by atoms with Crippen molar-refractivity contribution in [1.82, 2.24) is 9.78 Å². The SMILES string of the molecule is CC(/C=C\CCC(=S)Nc1ccccc1)CC#Cc1cnn(C)c1. The molecule has 0 saturated heterocycles. The summed E-state index contributed by atoms with van der Waals surface area (Å²) < 4.78 is 1.76. The molecule has 0 aliphatic carbocycles. The van der Waals surface area contributed by atoms with Crippen LogP contribution < -0.4 is 5.32 Å². The quantitative estimate of drug-likeness (QED) is 0.475. The van der Waals surface area contributed by atoms with Crippen LogP contribution in [0.1, 0.15) is 31.7 Å². The smallest absolute Gasteiger partial charge is 0.0800 e. The largest absolute Gasteiger partial charge is 0.350 e. The number of hydrogen-bond acceptors (Lipinski definition) is 2. The molecule has 0 aliphatic rings. The molecule has 1 atom stereocenters. The molecule has 1 unspecified atom stereocenters. The number of thiocarbonyl (C=S) groups is 1. The van der Waals surface area contributed by atoms with Gasteiger partial charge in [0.2, 0.25) is 0 Å². The first-order chi connectivity index (χ1) is 11.6. The van der Waals surface area contributed by atoms with Crippen molar-refractivity contribution < 1.29 is 0 Å². The van der Waals surface area contributed by atoms with E-state index in [-0.39, 0.29) is 0 Å². The van der Waals surface area contributed by atoms with Gasteiger partial charge in [-0.25, -0.2) is 0 Å². The lowest BCUT2D eigenvalue weighted by atomic mass is 10.1. The van der Waals surface area contributed by atoms with Crippen LogP contribution in [-0.2, 0) is 7.05 Å². The van der Waals surface area contributed by atoms with Gasteiger partial charge in [-0.2, -0.15) is 5.10 Å². The second kappa shape index (κ2) is 9.69. The lowest BCUT2D eigenvalue weighted by molar-refractivity contribution is 0.754. The first-order valence-electron chi connectivity index (χ1n) is 8.12. The maximum Gasteiger partial charge on any atom is 0.0800 e. The Balaban J connectivity index is 1.66. The maximum atomic E-state index is 5.37. The van der Waals surface area contributed by atoms with Gasteiger partial charge in [0.15, 0.2) is 0 Å². The minimum Gasteiger partial charge on any atom is -0.350 e. The van der Waals surface area contributed by atoms with Gasteiger partial charge in [-0.15, -0.1) is 0 Å². The molecular formula is C20H23N3S. The Bertz CT molecular complexity index is 735. The minimum absolute atomic E-state index is 0.435. The molecule has 0 radical (unpaired) electrons. The topological polar surface area (TPSA) is 29.9 Å². The summed E-state index contributed by atoms with van der Waals surface area (Å²) in [6.07, 6.45) is 10.8. The molecule has 0 aliphatic heterocycles. The number of anilines is 1. The van der Waals surface area contributed by atoms with Gasteiger partial charge in [0, 0.05) is 31.8 Å². The Morgan fingerprint density at radius 1 is 1.38 bits per heavy atom. The van der Waals surface area contributed by atoms with E-state index >= 15 is 0 Å². The van der Waals surface area contributed by atoms with E-state index in [1.807, 2.05) is 43.6 Å². The number of allylic oxidation sites excluding steroid dienone is 2. The third-order valence-corrected chi connectivity index (χ3v) is 3.73. The van der Waals surface area contributed by atoms with E-state index in [1.165, 1.54) is 0 Å². The molecule has 0 amide bonds. The maximum absolute atomic E-state index is 5.37. The molecule has 3 nitrogen and oxygen atoms in total. The van der Waals surface area contributed by atoms with Crippen molar-refractivity contribution in [2.75, 3.05) is 5.32 Å². The average Bonchev–Trinajstić information content (AvgIpc) is 2.98.